The number of aromatic hydroxyl groups is 1. The highest BCUT2D eigenvalue weighted by molar-refractivity contribution is 14.1. The van der Waals surface area contributed by atoms with Gasteiger partial charge in [-0.3, -0.25) is 0 Å². The van der Waals surface area contributed by atoms with Crippen LogP contribution >= 0.6 is 45.2 Å². The Hall–Kier alpha value is 0.180. The highest BCUT2D eigenvalue weighted by Crippen LogP contribution is 2.27. The van der Waals surface area contributed by atoms with E-state index >= 15 is 0 Å². The number of hydrogen-bond donors (Lipinski definition) is 2. The molecule has 70 valence electrons. The molecule has 0 heterocycles. The first-order valence-corrected chi connectivity index (χ1v) is 5.76. The maximum absolute atomic E-state index is 9.47. The van der Waals surface area contributed by atoms with Gasteiger partial charge in [-0.1, -0.05) is 12.2 Å². The normalized spacial score (nSPS) is 11.0. The van der Waals surface area contributed by atoms with E-state index in [-0.39, 0.29) is 6.61 Å². The Morgan fingerprint density at radius 2 is 1.77 bits per heavy atom. The zero-order chi connectivity index (χ0) is 9.84. The van der Waals surface area contributed by atoms with Gasteiger partial charge in [-0.05, 0) is 62.9 Å². The van der Waals surface area contributed by atoms with Gasteiger partial charge in [0, 0.05) is 0 Å². The van der Waals surface area contributed by atoms with Gasteiger partial charge in [-0.15, -0.1) is 0 Å². The summed E-state index contributed by atoms with van der Waals surface area (Å²) in [7, 11) is 0. The number of halogens is 2. The predicted molar refractivity (Wildman–Crippen MR) is 69.7 cm³/mol. The average molecular weight is 402 g/mol. The van der Waals surface area contributed by atoms with Gasteiger partial charge in [-0.25, -0.2) is 0 Å². The monoisotopic (exact) mass is 402 g/mol. The van der Waals surface area contributed by atoms with Crippen molar-refractivity contribution in [1.29, 1.82) is 0 Å². The van der Waals surface area contributed by atoms with Crippen molar-refractivity contribution < 1.29 is 10.2 Å². The third kappa shape index (κ3) is 3.10. The molecule has 0 saturated carbocycles. The second-order valence-corrected chi connectivity index (χ2v) is 4.74. The first-order valence-electron chi connectivity index (χ1n) is 3.60. The maximum atomic E-state index is 9.47. The van der Waals surface area contributed by atoms with Gasteiger partial charge in [0.05, 0.1) is 13.7 Å². The van der Waals surface area contributed by atoms with Crippen molar-refractivity contribution in [3.63, 3.8) is 0 Å². The van der Waals surface area contributed by atoms with Crippen molar-refractivity contribution >= 4 is 51.3 Å². The lowest BCUT2D eigenvalue weighted by Gasteiger charge is -2.01. The summed E-state index contributed by atoms with van der Waals surface area (Å²) in [4.78, 5) is 0. The minimum absolute atomic E-state index is 0.0357. The fourth-order valence-corrected chi connectivity index (χ4v) is 2.69. The third-order valence-corrected chi connectivity index (χ3v) is 3.10. The summed E-state index contributed by atoms with van der Waals surface area (Å²) in [6.45, 7) is 0.0357. The molecule has 13 heavy (non-hydrogen) atoms. The van der Waals surface area contributed by atoms with E-state index in [1.165, 1.54) is 0 Å². The Balaban J connectivity index is 3.06. The van der Waals surface area contributed by atoms with Gasteiger partial charge in [0.1, 0.15) is 5.75 Å². The van der Waals surface area contributed by atoms with Crippen LogP contribution in [0.4, 0.5) is 0 Å². The van der Waals surface area contributed by atoms with Crippen molar-refractivity contribution in [2.45, 2.75) is 0 Å². The minimum Gasteiger partial charge on any atom is -0.506 e. The molecule has 2 nitrogen and oxygen atoms in total. The number of benzene rings is 1. The summed E-state index contributed by atoms with van der Waals surface area (Å²) in [6, 6.07) is 3.73. The van der Waals surface area contributed by atoms with Crippen molar-refractivity contribution in [2.75, 3.05) is 6.61 Å². The maximum Gasteiger partial charge on any atom is 0.142 e. The first-order chi connectivity index (χ1) is 6.15. The van der Waals surface area contributed by atoms with Gasteiger partial charge in [0.2, 0.25) is 0 Å². The van der Waals surface area contributed by atoms with Crippen LogP contribution in [0.25, 0.3) is 6.08 Å². The van der Waals surface area contributed by atoms with Gasteiger partial charge in [-0.2, -0.15) is 0 Å². The first kappa shape index (κ1) is 11.3. The van der Waals surface area contributed by atoms with E-state index in [1.54, 1.807) is 6.08 Å². The Labute approximate surface area is 104 Å². The molecule has 1 rings (SSSR count). The second kappa shape index (κ2) is 5.16. The van der Waals surface area contributed by atoms with Gasteiger partial charge in [0.25, 0.3) is 0 Å². The van der Waals surface area contributed by atoms with Crippen molar-refractivity contribution in [2.24, 2.45) is 0 Å². The quantitative estimate of drug-likeness (QED) is 0.748. The van der Waals surface area contributed by atoms with Crippen molar-refractivity contribution in [3.8, 4) is 5.75 Å². The number of aliphatic hydroxyl groups excluding tert-OH is 1. The number of hydrogen-bond acceptors (Lipinski definition) is 2. The summed E-state index contributed by atoms with van der Waals surface area (Å²) in [5.74, 6) is 0.322. The van der Waals surface area contributed by atoms with Crippen LogP contribution in [0.5, 0.6) is 5.75 Å². The number of phenols is 1. The standard InChI is InChI=1S/C9H8I2O2/c10-7-4-6(2-1-3-12)5-8(11)9(7)13/h1-2,4-5,12-13H,3H2. The van der Waals surface area contributed by atoms with Crippen molar-refractivity contribution in [3.05, 3.63) is 30.9 Å². The van der Waals surface area contributed by atoms with Crippen LogP contribution < -0.4 is 0 Å². The molecule has 0 radical (unpaired) electrons. The Morgan fingerprint density at radius 1 is 1.23 bits per heavy atom. The Bertz CT molecular complexity index is 311. The molecule has 1 aromatic rings. The van der Waals surface area contributed by atoms with Crippen LogP contribution in [0.3, 0.4) is 0 Å². The highest BCUT2D eigenvalue weighted by Gasteiger charge is 2.03. The van der Waals surface area contributed by atoms with Gasteiger partial charge in [0.15, 0.2) is 0 Å². The van der Waals surface area contributed by atoms with E-state index in [9.17, 15) is 5.11 Å². The summed E-state index contributed by atoms with van der Waals surface area (Å²) in [5.41, 5.74) is 0.987. The van der Waals surface area contributed by atoms with E-state index in [4.69, 9.17) is 5.11 Å². The predicted octanol–water partition coefficient (Wildman–Crippen LogP) is 2.61. The molecule has 0 aliphatic heterocycles. The Kier molecular flexibility index (Phi) is 4.47. The zero-order valence-corrected chi connectivity index (χ0v) is 11.0. The van der Waals surface area contributed by atoms with E-state index in [0.29, 0.717) is 5.75 Å². The average Bonchev–Trinajstić information content (AvgIpc) is 2.10. The van der Waals surface area contributed by atoms with Gasteiger partial charge >= 0.3 is 0 Å². The molecule has 0 aromatic heterocycles. The molecular formula is C9H8I2O2. The Morgan fingerprint density at radius 3 is 2.23 bits per heavy atom. The summed E-state index contributed by atoms with van der Waals surface area (Å²) >= 11 is 4.15. The zero-order valence-electron chi connectivity index (χ0n) is 6.67. The largest absolute Gasteiger partial charge is 0.506 e. The van der Waals surface area contributed by atoms with Crippen LogP contribution in [-0.4, -0.2) is 16.8 Å². The van der Waals surface area contributed by atoms with Crippen LogP contribution in [-0.2, 0) is 0 Å². The van der Waals surface area contributed by atoms with E-state index in [2.05, 4.69) is 45.2 Å². The summed E-state index contributed by atoms with van der Waals surface area (Å²) in [5, 5.41) is 18.0. The van der Waals surface area contributed by atoms with E-state index in [1.807, 2.05) is 18.2 Å². The highest BCUT2D eigenvalue weighted by atomic mass is 127. The van der Waals surface area contributed by atoms with Crippen LogP contribution in [0, 0.1) is 7.14 Å². The molecule has 0 amide bonds. The molecule has 0 aliphatic rings. The lowest BCUT2D eigenvalue weighted by Crippen LogP contribution is -1.83. The molecular weight excluding hydrogens is 394 g/mol. The molecule has 0 fully saturated rings. The van der Waals surface area contributed by atoms with Crippen molar-refractivity contribution in [1.82, 2.24) is 0 Å². The SMILES string of the molecule is OCC=Cc1cc(I)c(O)c(I)c1. The lowest BCUT2D eigenvalue weighted by molar-refractivity contribution is 0.343. The fraction of sp³-hybridized carbons (Fsp3) is 0.111. The molecule has 0 bridgehead atoms. The number of phenolic OH excluding ortho intramolecular Hbond substituents is 1. The number of rotatable bonds is 2. The molecule has 2 N–H and O–H groups in total. The summed E-state index contributed by atoms with van der Waals surface area (Å²) < 4.78 is 1.64. The third-order valence-electron chi connectivity index (χ3n) is 1.45. The van der Waals surface area contributed by atoms with E-state index in [0.717, 1.165) is 12.7 Å². The molecule has 1 aromatic carbocycles. The smallest absolute Gasteiger partial charge is 0.142 e. The van der Waals surface area contributed by atoms with Crippen LogP contribution in [0.15, 0.2) is 18.2 Å². The fourth-order valence-electron chi connectivity index (χ4n) is 0.870. The molecule has 0 atom stereocenters. The minimum atomic E-state index is 0.0357. The van der Waals surface area contributed by atoms with E-state index < -0.39 is 0 Å². The number of aliphatic hydroxyl groups is 1. The summed E-state index contributed by atoms with van der Waals surface area (Å²) in [6.07, 6.45) is 3.49. The molecule has 0 saturated heterocycles. The van der Waals surface area contributed by atoms with Gasteiger partial charge < -0.3 is 10.2 Å². The molecule has 0 unspecified atom stereocenters. The van der Waals surface area contributed by atoms with Crippen LogP contribution in [0.2, 0.25) is 0 Å². The van der Waals surface area contributed by atoms with Crippen LogP contribution in [0.1, 0.15) is 5.56 Å². The molecule has 4 heteroatoms. The lowest BCUT2D eigenvalue weighted by atomic mass is 10.2. The second-order valence-electron chi connectivity index (χ2n) is 2.42. The molecule has 0 aliphatic carbocycles. The topological polar surface area (TPSA) is 40.5 Å². The molecule has 0 spiro atoms.